The standard InChI is InChI=1S/C9H19NO2.ClH/c1-6(2)9(10,7(11)12)8(3,4)5;/h6H,10H2,1-5H3,(H,11,12);1H/t9-;/m0./s1. The van der Waals surface area contributed by atoms with E-state index in [2.05, 4.69) is 0 Å². The third-order valence-electron chi connectivity index (χ3n) is 2.51. The molecule has 0 heterocycles. The monoisotopic (exact) mass is 209 g/mol. The Bertz CT molecular complexity index is 187. The summed E-state index contributed by atoms with van der Waals surface area (Å²) in [4.78, 5) is 11.0. The van der Waals surface area contributed by atoms with Crippen LogP contribution in [0.4, 0.5) is 0 Å². The summed E-state index contributed by atoms with van der Waals surface area (Å²) in [5, 5.41) is 9.01. The number of carbonyl (C=O) groups is 1. The van der Waals surface area contributed by atoms with Crippen molar-refractivity contribution in [2.24, 2.45) is 17.1 Å². The second kappa shape index (κ2) is 4.29. The van der Waals surface area contributed by atoms with Crippen molar-refractivity contribution in [3.05, 3.63) is 0 Å². The van der Waals surface area contributed by atoms with Gasteiger partial charge in [-0.15, -0.1) is 12.4 Å². The molecule has 0 spiro atoms. The molecule has 0 unspecified atom stereocenters. The zero-order valence-electron chi connectivity index (χ0n) is 8.92. The molecule has 0 saturated carbocycles. The molecule has 4 heteroatoms. The zero-order valence-corrected chi connectivity index (χ0v) is 9.73. The number of hydrogen-bond acceptors (Lipinski definition) is 2. The van der Waals surface area contributed by atoms with Crippen LogP contribution in [0.5, 0.6) is 0 Å². The number of carboxylic acid groups (broad SMARTS) is 1. The largest absolute Gasteiger partial charge is 0.480 e. The first-order chi connectivity index (χ1) is 5.14. The van der Waals surface area contributed by atoms with Gasteiger partial charge in [-0.25, -0.2) is 0 Å². The number of rotatable bonds is 2. The molecule has 3 nitrogen and oxygen atoms in total. The van der Waals surface area contributed by atoms with Crippen molar-refractivity contribution < 1.29 is 9.90 Å². The lowest BCUT2D eigenvalue weighted by molar-refractivity contribution is -0.150. The zero-order chi connectivity index (χ0) is 10.2. The summed E-state index contributed by atoms with van der Waals surface area (Å²) in [6.45, 7) is 9.21. The molecular weight excluding hydrogens is 190 g/mol. The normalized spacial score (nSPS) is 16.2. The first kappa shape index (κ1) is 15.2. The maximum atomic E-state index is 11.0. The molecule has 0 aliphatic heterocycles. The van der Waals surface area contributed by atoms with Gasteiger partial charge in [-0.05, 0) is 11.3 Å². The molecule has 80 valence electrons. The van der Waals surface area contributed by atoms with Crippen LogP contribution >= 0.6 is 12.4 Å². The van der Waals surface area contributed by atoms with Gasteiger partial charge in [-0.1, -0.05) is 34.6 Å². The molecule has 0 saturated heterocycles. The van der Waals surface area contributed by atoms with Crippen molar-refractivity contribution >= 4 is 18.4 Å². The molecular formula is C9H20ClNO2. The fraction of sp³-hybridized carbons (Fsp3) is 0.889. The van der Waals surface area contributed by atoms with Crippen molar-refractivity contribution in [1.82, 2.24) is 0 Å². The van der Waals surface area contributed by atoms with Crippen LogP contribution in [0.1, 0.15) is 34.6 Å². The molecule has 0 aromatic heterocycles. The topological polar surface area (TPSA) is 63.3 Å². The van der Waals surface area contributed by atoms with Gasteiger partial charge in [0.1, 0.15) is 5.54 Å². The van der Waals surface area contributed by atoms with Gasteiger partial charge in [0.25, 0.3) is 0 Å². The molecule has 0 aromatic carbocycles. The predicted molar refractivity (Wildman–Crippen MR) is 56.1 cm³/mol. The second-order valence-corrected chi connectivity index (χ2v) is 4.58. The summed E-state index contributed by atoms with van der Waals surface area (Å²) >= 11 is 0. The number of nitrogens with two attached hydrogens (primary N) is 1. The minimum Gasteiger partial charge on any atom is -0.480 e. The van der Waals surface area contributed by atoms with Crippen LogP contribution in [0, 0.1) is 11.3 Å². The van der Waals surface area contributed by atoms with Gasteiger partial charge in [0, 0.05) is 0 Å². The van der Waals surface area contributed by atoms with E-state index in [1.54, 1.807) is 0 Å². The van der Waals surface area contributed by atoms with Crippen LogP contribution < -0.4 is 5.73 Å². The quantitative estimate of drug-likeness (QED) is 0.730. The van der Waals surface area contributed by atoms with Crippen molar-refractivity contribution in [2.45, 2.75) is 40.2 Å². The molecule has 0 fully saturated rings. The summed E-state index contributed by atoms with van der Waals surface area (Å²) < 4.78 is 0. The van der Waals surface area contributed by atoms with Gasteiger partial charge in [0.15, 0.2) is 0 Å². The summed E-state index contributed by atoms with van der Waals surface area (Å²) in [5.41, 5.74) is 4.29. The third-order valence-corrected chi connectivity index (χ3v) is 2.51. The van der Waals surface area contributed by atoms with Gasteiger partial charge in [0.05, 0.1) is 0 Å². The fourth-order valence-electron chi connectivity index (χ4n) is 1.43. The molecule has 13 heavy (non-hydrogen) atoms. The van der Waals surface area contributed by atoms with Crippen LogP contribution in [-0.4, -0.2) is 16.6 Å². The van der Waals surface area contributed by atoms with Crippen LogP contribution in [-0.2, 0) is 4.79 Å². The maximum Gasteiger partial charge on any atom is 0.324 e. The number of carboxylic acids is 1. The Kier molecular flexibility index (Phi) is 5.02. The van der Waals surface area contributed by atoms with E-state index >= 15 is 0 Å². The highest BCUT2D eigenvalue weighted by Crippen LogP contribution is 2.34. The molecule has 0 aliphatic carbocycles. The number of hydrogen-bond donors (Lipinski definition) is 2. The van der Waals surface area contributed by atoms with Gasteiger partial charge in [-0.3, -0.25) is 4.79 Å². The smallest absolute Gasteiger partial charge is 0.324 e. The van der Waals surface area contributed by atoms with E-state index in [9.17, 15) is 4.79 Å². The Balaban J connectivity index is 0. The lowest BCUT2D eigenvalue weighted by atomic mass is 9.68. The Hall–Kier alpha value is -0.280. The van der Waals surface area contributed by atoms with E-state index in [0.717, 1.165) is 0 Å². The van der Waals surface area contributed by atoms with Crippen molar-refractivity contribution in [3.63, 3.8) is 0 Å². The molecule has 0 rings (SSSR count). The maximum absolute atomic E-state index is 11.0. The Labute approximate surface area is 86.1 Å². The van der Waals surface area contributed by atoms with Crippen LogP contribution in [0.2, 0.25) is 0 Å². The van der Waals surface area contributed by atoms with E-state index in [4.69, 9.17) is 10.8 Å². The molecule has 0 aromatic rings. The summed E-state index contributed by atoms with van der Waals surface area (Å²) in [7, 11) is 0. The molecule has 0 bridgehead atoms. The number of aliphatic carboxylic acids is 1. The van der Waals surface area contributed by atoms with Crippen LogP contribution in [0.3, 0.4) is 0 Å². The van der Waals surface area contributed by atoms with Gasteiger partial charge in [0.2, 0.25) is 0 Å². The highest BCUT2D eigenvalue weighted by molar-refractivity contribution is 5.85. The lowest BCUT2D eigenvalue weighted by Gasteiger charge is -2.40. The average Bonchev–Trinajstić information content (AvgIpc) is 1.82. The Morgan fingerprint density at radius 2 is 1.62 bits per heavy atom. The molecule has 3 N–H and O–H groups in total. The van der Waals surface area contributed by atoms with E-state index < -0.39 is 16.9 Å². The summed E-state index contributed by atoms with van der Waals surface area (Å²) in [6, 6.07) is 0. The fourth-order valence-corrected chi connectivity index (χ4v) is 1.43. The molecule has 0 radical (unpaired) electrons. The predicted octanol–water partition coefficient (Wildman–Crippen LogP) is 1.89. The molecule has 0 aliphatic rings. The highest BCUT2D eigenvalue weighted by Gasteiger charge is 2.47. The summed E-state index contributed by atoms with van der Waals surface area (Å²) in [5.74, 6) is -1.00. The SMILES string of the molecule is CC(C)[C@](N)(C(=O)O)C(C)(C)C.Cl. The van der Waals surface area contributed by atoms with Gasteiger partial charge >= 0.3 is 5.97 Å². The van der Waals surface area contributed by atoms with Gasteiger partial charge in [-0.2, -0.15) is 0 Å². The van der Waals surface area contributed by atoms with E-state index in [0.29, 0.717) is 0 Å². The van der Waals surface area contributed by atoms with E-state index in [1.165, 1.54) is 0 Å². The average molecular weight is 210 g/mol. The van der Waals surface area contributed by atoms with Crippen molar-refractivity contribution in [2.75, 3.05) is 0 Å². The highest BCUT2D eigenvalue weighted by atomic mass is 35.5. The molecule has 0 amide bonds. The Morgan fingerprint density at radius 3 is 1.62 bits per heavy atom. The first-order valence-electron chi connectivity index (χ1n) is 4.16. The van der Waals surface area contributed by atoms with Crippen molar-refractivity contribution in [1.29, 1.82) is 0 Å². The second-order valence-electron chi connectivity index (χ2n) is 4.58. The minimum atomic E-state index is -1.15. The van der Waals surface area contributed by atoms with E-state index in [1.807, 2.05) is 34.6 Å². The van der Waals surface area contributed by atoms with Crippen LogP contribution in [0.15, 0.2) is 0 Å². The van der Waals surface area contributed by atoms with Gasteiger partial charge < -0.3 is 10.8 Å². The Morgan fingerprint density at radius 1 is 1.31 bits per heavy atom. The summed E-state index contributed by atoms with van der Waals surface area (Å²) in [6.07, 6.45) is 0. The number of halogens is 1. The third kappa shape index (κ3) is 2.58. The van der Waals surface area contributed by atoms with Crippen LogP contribution in [0.25, 0.3) is 0 Å². The van der Waals surface area contributed by atoms with E-state index in [-0.39, 0.29) is 18.3 Å². The minimum absolute atomic E-state index is 0. The van der Waals surface area contributed by atoms with Crippen molar-refractivity contribution in [3.8, 4) is 0 Å². The first-order valence-corrected chi connectivity index (χ1v) is 4.16. The molecule has 1 atom stereocenters. The lowest BCUT2D eigenvalue weighted by Crippen LogP contribution is -2.61.